The summed E-state index contributed by atoms with van der Waals surface area (Å²) in [5.74, 6) is 0. The highest BCUT2D eigenvalue weighted by Crippen LogP contribution is 2.24. The number of alkyl halides is 2. The van der Waals surface area contributed by atoms with Crippen molar-refractivity contribution >= 4 is 15.9 Å². The Labute approximate surface area is 80.1 Å². The van der Waals surface area contributed by atoms with Crippen LogP contribution in [0.4, 0.5) is 8.78 Å². The van der Waals surface area contributed by atoms with Crippen molar-refractivity contribution in [1.82, 2.24) is 4.98 Å². The molecule has 0 aromatic carbocycles. The third-order valence-electron chi connectivity index (χ3n) is 1.41. The van der Waals surface area contributed by atoms with Crippen molar-refractivity contribution in [1.29, 1.82) is 5.26 Å². The van der Waals surface area contributed by atoms with Gasteiger partial charge in [-0.05, 0) is 15.9 Å². The van der Waals surface area contributed by atoms with Gasteiger partial charge in [-0.2, -0.15) is 5.26 Å². The summed E-state index contributed by atoms with van der Waals surface area (Å²) >= 11 is 2.76. The van der Waals surface area contributed by atoms with Gasteiger partial charge >= 0.3 is 0 Å². The molecule has 1 N–H and O–H groups in total. The lowest BCUT2D eigenvalue weighted by Gasteiger charge is -2.02. The first kappa shape index (κ1) is 9.86. The highest BCUT2D eigenvalue weighted by atomic mass is 79.9. The molecule has 3 nitrogen and oxygen atoms in total. The number of nitrogens with one attached hydrogen (secondary N) is 1. The number of nitriles is 1. The van der Waals surface area contributed by atoms with E-state index in [1.807, 2.05) is 0 Å². The SMILES string of the molecule is N#Cc1c(C(F)F)c[nH]c(=O)c1Br. The molecule has 13 heavy (non-hydrogen) atoms. The smallest absolute Gasteiger partial charge is 0.266 e. The predicted molar refractivity (Wildman–Crippen MR) is 44.4 cm³/mol. The van der Waals surface area contributed by atoms with E-state index in [4.69, 9.17) is 5.26 Å². The Morgan fingerprint density at radius 1 is 1.62 bits per heavy atom. The third-order valence-corrected chi connectivity index (χ3v) is 2.17. The fraction of sp³-hybridized carbons (Fsp3) is 0.143. The molecule has 1 rings (SSSR count). The Balaban J connectivity index is 3.50. The van der Waals surface area contributed by atoms with Gasteiger partial charge in [0.25, 0.3) is 12.0 Å². The molecule has 0 aliphatic carbocycles. The molecule has 1 heterocycles. The second kappa shape index (κ2) is 3.66. The van der Waals surface area contributed by atoms with Crippen LogP contribution in [0.15, 0.2) is 15.5 Å². The quantitative estimate of drug-likeness (QED) is 0.826. The summed E-state index contributed by atoms with van der Waals surface area (Å²) < 4.78 is 24.3. The lowest BCUT2D eigenvalue weighted by Crippen LogP contribution is -2.10. The van der Waals surface area contributed by atoms with Crippen LogP contribution in [-0.2, 0) is 0 Å². The van der Waals surface area contributed by atoms with Crippen LogP contribution in [0.2, 0.25) is 0 Å². The monoisotopic (exact) mass is 248 g/mol. The molecule has 0 saturated heterocycles. The van der Waals surface area contributed by atoms with E-state index < -0.39 is 17.5 Å². The fourth-order valence-electron chi connectivity index (χ4n) is 0.805. The van der Waals surface area contributed by atoms with Crippen molar-refractivity contribution in [3.8, 4) is 6.07 Å². The Morgan fingerprint density at radius 2 is 2.23 bits per heavy atom. The summed E-state index contributed by atoms with van der Waals surface area (Å²) in [6.07, 6.45) is -1.93. The van der Waals surface area contributed by atoms with Crippen LogP contribution in [0.1, 0.15) is 17.6 Å². The number of aromatic nitrogens is 1. The van der Waals surface area contributed by atoms with Gasteiger partial charge in [-0.3, -0.25) is 4.79 Å². The maximum absolute atomic E-state index is 12.2. The van der Waals surface area contributed by atoms with E-state index in [0.29, 0.717) is 0 Å². The molecule has 1 aromatic rings. The van der Waals surface area contributed by atoms with Gasteiger partial charge in [0.2, 0.25) is 0 Å². The molecule has 0 spiro atoms. The van der Waals surface area contributed by atoms with E-state index in [1.54, 1.807) is 0 Å². The number of pyridine rings is 1. The molecule has 0 unspecified atom stereocenters. The highest BCUT2D eigenvalue weighted by molar-refractivity contribution is 9.10. The number of hydrogen-bond donors (Lipinski definition) is 1. The largest absolute Gasteiger partial charge is 0.328 e. The Bertz CT molecular complexity index is 421. The molecule has 0 aliphatic rings. The fourth-order valence-corrected chi connectivity index (χ4v) is 1.24. The van der Waals surface area contributed by atoms with Gasteiger partial charge < -0.3 is 4.98 Å². The minimum atomic E-state index is -2.78. The van der Waals surface area contributed by atoms with Gasteiger partial charge in [0.15, 0.2) is 0 Å². The maximum Gasteiger partial charge on any atom is 0.266 e. The second-order valence-corrected chi connectivity index (χ2v) is 2.97. The number of aromatic amines is 1. The predicted octanol–water partition coefficient (Wildman–Crippen LogP) is 1.95. The van der Waals surface area contributed by atoms with E-state index in [-0.39, 0.29) is 10.0 Å². The van der Waals surface area contributed by atoms with Gasteiger partial charge in [0.1, 0.15) is 10.5 Å². The summed E-state index contributed by atoms with van der Waals surface area (Å²) in [5, 5.41) is 8.51. The molecule has 0 atom stereocenters. The van der Waals surface area contributed by atoms with Crippen LogP contribution in [0.3, 0.4) is 0 Å². The van der Waals surface area contributed by atoms with Crippen molar-refractivity contribution in [2.45, 2.75) is 6.43 Å². The summed E-state index contributed by atoms with van der Waals surface area (Å²) in [4.78, 5) is 13.0. The number of hydrogen-bond acceptors (Lipinski definition) is 2. The van der Waals surface area contributed by atoms with Crippen LogP contribution >= 0.6 is 15.9 Å². The zero-order valence-corrected chi connectivity index (χ0v) is 7.73. The van der Waals surface area contributed by atoms with Crippen molar-refractivity contribution in [2.24, 2.45) is 0 Å². The van der Waals surface area contributed by atoms with Crippen LogP contribution < -0.4 is 5.56 Å². The van der Waals surface area contributed by atoms with Gasteiger partial charge in [0.05, 0.1) is 11.1 Å². The number of H-pyrrole nitrogens is 1. The van der Waals surface area contributed by atoms with Gasteiger partial charge in [0, 0.05) is 6.20 Å². The molecule has 0 fully saturated rings. The average Bonchev–Trinajstić information content (AvgIpc) is 2.09. The van der Waals surface area contributed by atoms with E-state index in [1.165, 1.54) is 6.07 Å². The second-order valence-electron chi connectivity index (χ2n) is 2.17. The first-order chi connectivity index (χ1) is 6.07. The number of rotatable bonds is 1. The zero-order valence-electron chi connectivity index (χ0n) is 6.14. The van der Waals surface area contributed by atoms with Gasteiger partial charge in [-0.25, -0.2) is 8.78 Å². The minimum Gasteiger partial charge on any atom is -0.328 e. The van der Waals surface area contributed by atoms with E-state index >= 15 is 0 Å². The van der Waals surface area contributed by atoms with Gasteiger partial charge in [-0.1, -0.05) is 0 Å². The summed E-state index contributed by atoms with van der Waals surface area (Å²) in [5.41, 5.74) is -1.39. The molecule has 0 saturated carbocycles. The molecule has 0 aliphatic heterocycles. The van der Waals surface area contributed by atoms with Crippen LogP contribution in [-0.4, -0.2) is 4.98 Å². The topological polar surface area (TPSA) is 56.6 Å². The van der Waals surface area contributed by atoms with Gasteiger partial charge in [-0.15, -0.1) is 0 Å². The molecular formula is C7H3BrF2N2O. The first-order valence-corrected chi connectivity index (χ1v) is 3.96. The van der Waals surface area contributed by atoms with Crippen LogP contribution in [0.5, 0.6) is 0 Å². The van der Waals surface area contributed by atoms with Crippen molar-refractivity contribution in [3.63, 3.8) is 0 Å². The number of nitrogens with zero attached hydrogens (tertiary/aromatic N) is 1. The molecular weight excluding hydrogens is 246 g/mol. The summed E-state index contributed by atoms with van der Waals surface area (Å²) in [6.45, 7) is 0. The Kier molecular flexibility index (Phi) is 2.78. The third kappa shape index (κ3) is 1.75. The van der Waals surface area contributed by atoms with E-state index in [9.17, 15) is 13.6 Å². The van der Waals surface area contributed by atoms with E-state index in [0.717, 1.165) is 6.20 Å². The summed E-state index contributed by atoms with van der Waals surface area (Å²) in [7, 11) is 0. The maximum atomic E-state index is 12.2. The standard InChI is InChI=1S/C7H3BrF2N2O/c8-5-3(1-11)4(6(9)10)2-12-7(5)13/h2,6H,(H,12,13). The lowest BCUT2D eigenvalue weighted by atomic mass is 10.2. The summed E-state index contributed by atoms with van der Waals surface area (Å²) in [6, 6.07) is 1.54. The molecule has 1 aromatic heterocycles. The average molecular weight is 249 g/mol. The minimum absolute atomic E-state index is 0.159. The van der Waals surface area contributed by atoms with Crippen LogP contribution in [0.25, 0.3) is 0 Å². The van der Waals surface area contributed by atoms with Crippen LogP contribution in [0, 0.1) is 11.3 Å². The van der Waals surface area contributed by atoms with Crippen molar-refractivity contribution < 1.29 is 8.78 Å². The molecule has 0 bridgehead atoms. The normalized spacial score (nSPS) is 10.1. The molecule has 6 heteroatoms. The number of halogens is 3. The zero-order chi connectivity index (χ0) is 10.0. The Hall–Kier alpha value is -1.22. The van der Waals surface area contributed by atoms with Crippen molar-refractivity contribution in [3.05, 3.63) is 32.2 Å². The highest BCUT2D eigenvalue weighted by Gasteiger charge is 2.17. The molecule has 68 valence electrons. The first-order valence-electron chi connectivity index (χ1n) is 3.17. The Morgan fingerprint density at radius 3 is 2.69 bits per heavy atom. The van der Waals surface area contributed by atoms with Crippen molar-refractivity contribution in [2.75, 3.05) is 0 Å². The van der Waals surface area contributed by atoms with E-state index in [2.05, 4.69) is 20.9 Å². The molecule has 0 amide bonds. The lowest BCUT2D eigenvalue weighted by molar-refractivity contribution is 0.150. The molecule has 0 radical (unpaired) electrons.